The Balaban J connectivity index is 0. The molecule has 3 aromatic rings. The second kappa shape index (κ2) is 22.6. The van der Waals surface area contributed by atoms with Gasteiger partial charge in [0, 0.05) is 17.1 Å². The van der Waals surface area contributed by atoms with E-state index in [0.29, 0.717) is 28.1 Å². The van der Waals surface area contributed by atoms with E-state index in [1.165, 1.54) is 38.3 Å². The molecule has 0 saturated heterocycles. The zero-order valence-electron chi connectivity index (χ0n) is 34.8. The number of carbonyl (C=O) groups excluding carboxylic acids is 1. The molecule has 0 fully saturated rings. The molecule has 51 heavy (non-hydrogen) atoms. The molecule has 0 aliphatic heterocycles. The third kappa shape index (κ3) is 16.3. The SMILES string of the molecule is C=C(/C=C(\c1oc(C(=O)C(C)C)cc1C)C(C)(C)C)c1ccc(Cl)c(F)c1.CC.CC.CCCC(CC(C)(C)C)C(C)C.Cc1c(O)c(=O)c1=O. The van der Waals surface area contributed by atoms with Crippen molar-refractivity contribution in [3.8, 4) is 5.75 Å². The highest BCUT2D eigenvalue weighted by Gasteiger charge is 2.26. The second-order valence-electron chi connectivity index (χ2n) is 15.3. The fourth-order valence-corrected chi connectivity index (χ4v) is 5.17. The average molecular weight is 731 g/mol. The molecule has 0 amide bonds. The van der Waals surface area contributed by atoms with Crippen molar-refractivity contribution in [2.45, 2.75) is 137 Å². The summed E-state index contributed by atoms with van der Waals surface area (Å²) in [6, 6.07) is 6.39. The van der Waals surface area contributed by atoms with E-state index in [4.69, 9.17) is 21.1 Å². The van der Waals surface area contributed by atoms with Gasteiger partial charge in [-0.3, -0.25) is 14.4 Å². The summed E-state index contributed by atoms with van der Waals surface area (Å²) in [6.45, 7) is 39.3. The van der Waals surface area contributed by atoms with Crippen LogP contribution in [-0.2, 0) is 0 Å². The minimum absolute atomic E-state index is 0.0313. The van der Waals surface area contributed by atoms with Gasteiger partial charge in [-0.2, -0.15) is 0 Å². The summed E-state index contributed by atoms with van der Waals surface area (Å²) in [5.41, 5.74) is 2.14. The maximum atomic E-state index is 13.8. The lowest BCUT2D eigenvalue weighted by atomic mass is 9.78. The Hall–Kier alpha value is -3.25. The first-order valence-corrected chi connectivity index (χ1v) is 18.8. The summed E-state index contributed by atoms with van der Waals surface area (Å²) < 4.78 is 19.8. The molecule has 0 bridgehead atoms. The number of Topliss-reactive ketones (excluding diaryl/α,β-unsaturated/α-hetero) is 1. The predicted molar refractivity (Wildman–Crippen MR) is 218 cm³/mol. The molecule has 1 aromatic heterocycles. The van der Waals surface area contributed by atoms with Crippen LogP contribution in [-0.4, -0.2) is 10.9 Å². The molecule has 5 nitrogen and oxygen atoms in total. The Morgan fingerprint density at radius 1 is 0.961 bits per heavy atom. The topological polar surface area (TPSA) is 84.6 Å². The molecule has 1 atom stereocenters. The van der Waals surface area contributed by atoms with Crippen molar-refractivity contribution >= 4 is 28.5 Å². The molecule has 0 aliphatic rings. The molecule has 0 radical (unpaired) electrons. The van der Waals surface area contributed by atoms with E-state index in [2.05, 4.69) is 68.9 Å². The lowest BCUT2D eigenvalue weighted by Gasteiger charge is -2.28. The molecular weight excluding hydrogens is 663 g/mol. The number of hydrogen-bond donors (Lipinski definition) is 1. The summed E-state index contributed by atoms with van der Waals surface area (Å²) in [5, 5.41) is 8.54. The van der Waals surface area contributed by atoms with Crippen LogP contribution < -0.4 is 10.9 Å². The Bertz CT molecular complexity index is 1590. The number of furan rings is 1. The van der Waals surface area contributed by atoms with Gasteiger partial charge in [0.2, 0.25) is 11.2 Å². The smallest absolute Gasteiger partial charge is 0.267 e. The quantitative estimate of drug-likeness (QED) is 0.135. The third-order valence-electron chi connectivity index (χ3n) is 7.94. The van der Waals surface area contributed by atoms with Gasteiger partial charge in [-0.05, 0) is 83.9 Å². The highest BCUT2D eigenvalue weighted by molar-refractivity contribution is 6.30. The van der Waals surface area contributed by atoms with Crippen molar-refractivity contribution in [3.05, 3.63) is 96.4 Å². The van der Waals surface area contributed by atoms with Gasteiger partial charge in [0.15, 0.2) is 11.5 Å². The van der Waals surface area contributed by atoms with Crippen LogP contribution in [0.1, 0.15) is 156 Å². The van der Waals surface area contributed by atoms with Gasteiger partial charge in [0.25, 0.3) is 5.43 Å². The summed E-state index contributed by atoms with van der Waals surface area (Å²) in [4.78, 5) is 32.6. The molecule has 3 rings (SSSR count). The minimum atomic E-state index is -0.762. The number of ketones is 1. The van der Waals surface area contributed by atoms with Gasteiger partial charge in [-0.1, -0.05) is 141 Å². The van der Waals surface area contributed by atoms with Crippen molar-refractivity contribution in [3.63, 3.8) is 0 Å². The second-order valence-corrected chi connectivity index (χ2v) is 15.7. The number of aryl methyl sites for hydroxylation is 1. The fourth-order valence-electron chi connectivity index (χ4n) is 5.05. The maximum Gasteiger partial charge on any atom is 0.267 e. The molecule has 0 aliphatic carbocycles. The van der Waals surface area contributed by atoms with Crippen molar-refractivity contribution in [2.24, 2.45) is 28.6 Å². The molecule has 0 saturated carbocycles. The Labute approximate surface area is 314 Å². The maximum absolute atomic E-state index is 13.8. The summed E-state index contributed by atoms with van der Waals surface area (Å²) in [7, 11) is 0. The molecule has 288 valence electrons. The highest BCUT2D eigenvalue weighted by atomic mass is 35.5. The van der Waals surface area contributed by atoms with Gasteiger partial charge in [0.05, 0.1) is 5.02 Å². The minimum Gasteiger partial charge on any atom is -0.504 e. The Kier molecular flexibility index (Phi) is 22.1. The van der Waals surface area contributed by atoms with Gasteiger partial charge >= 0.3 is 0 Å². The molecule has 1 N–H and O–H groups in total. The van der Waals surface area contributed by atoms with Crippen molar-refractivity contribution in [1.82, 2.24) is 0 Å². The van der Waals surface area contributed by atoms with Gasteiger partial charge in [0.1, 0.15) is 11.6 Å². The van der Waals surface area contributed by atoms with Crippen molar-refractivity contribution < 1.29 is 18.7 Å². The number of carbonyl (C=O) groups is 1. The van der Waals surface area contributed by atoms with Crippen LogP contribution in [0, 0.1) is 48.2 Å². The fraction of sp³-hybridized carbons (Fsp3) is 0.568. The number of benzene rings is 1. The Morgan fingerprint density at radius 2 is 1.49 bits per heavy atom. The molecule has 2 aromatic carbocycles. The number of aromatic hydroxyl groups is 1. The third-order valence-corrected chi connectivity index (χ3v) is 8.25. The molecule has 0 spiro atoms. The Morgan fingerprint density at radius 3 is 1.84 bits per heavy atom. The van der Waals surface area contributed by atoms with Gasteiger partial charge in [-0.15, -0.1) is 0 Å². The van der Waals surface area contributed by atoms with Gasteiger partial charge in [-0.25, -0.2) is 4.39 Å². The largest absolute Gasteiger partial charge is 0.504 e. The number of hydrogen-bond acceptors (Lipinski definition) is 5. The highest BCUT2D eigenvalue weighted by Crippen LogP contribution is 2.39. The first-order valence-electron chi connectivity index (χ1n) is 18.4. The monoisotopic (exact) mass is 730 g/mol. The van der Waals surface area contributed by atoms with Crippen LogP contribution in [0.15, 0.2) is 50.9 Å². The van der Waals surface area contributed by atoms with Crippen LogP contribution >= 0.6 is 11.6 Å². The lowest BCUT2D eigenvalue weighted by molar-refractivity contribution is 0.0910. The number of halogens is 2. The van der Waals surface area contributed by atoms with E-state index in [9.17, 15) is 18.8 Å². The van der Waals surface area contributed by atoms with E-state index in [0.717, 1.165) is 23.0 Å². The zero-order chi connectivity index (χ0) is 40.6. The molecular formula is C44H68ClFO5. The van der Waals surface area contributed by atoms with E-state index in [1.807, 2.05) is 54.5 Å². The summed E-state index contributed by atoms with van der Waals surface area (Å²) >= 11 is 5.77. The molecule has 7 heteroatoms. The number of allylic oxidation sites excluding steroid dienone is 3. The van der Waals surface area contributed by atoms with Crippen molar-refractivity contribution in [1.29, 1.82) is 0 Å². The first kappa shape index (κ1) is 49.9. The van der Waals surface area contributed by atoms with E-state index in [1.54, 1.807) is 12.1 Å². The average Bonchev–Trinajstić information content (AvgIpc) is 3.44. The van der Waals surface area contributed by atoms with Crippen LogP contribution in [0.5, 0.6) is 5.75 Å². The van der Waals surface area contributed by atoms with Crippen LogP contribution in [0.3, 0.4) is 0 Å². The van der Waals surface area contributed by atoms with E-state index >= 15 is 0 Å². The molecule has 1 heterocycles. The summed E-state index contributed by atoms with van der Waals surface area (Å²) in [6.07, 6.45) is 5.99. The van der Waals surface area contributed by atoms with Crippen molar-refractivity contribution in [2.75, 3.05) is 0 Å². The predicted octanol–water partition coefficient (Wildman–Crippen LogP) is 13.2. The lowest BCUT2D eigenvalue weighted by Crippen LogP contribution is -2.32. The van der Waals surface area contributed by atoms with E-state index in [-0.39, 0.29) is 33.5 Å². The van der Waals surface area contributed by atoms with Crippen LogP contribution in [0.25, 0.3) is 11.1 Å². The van der Waals surface area contributed by atoms with Crippen LogP contribution in [0.2, 0.25) is 5.02 Å². The molecule has 1 unspecified atom stereocenters. The zero-order valence-corrected chi connectivity index (χ0v) is 35.5. The van der Waals surface area contributed by atoms with Crippen LogP contribution in [0.4, 0.5) is 4.39 Å². The van der Waals surface area contributed by atoms with Gasteiger partial charge < -0.3 is 9.52 Å². The normalized spacial score (nSPS) is 12.1. The standard InChI is InChI=1S/C23H26ClFO2.C12H26.C5H4O3.2C2H6/c1-13(2)21(26)20-11-15(4)22(27-20)17(23(5,6)7)10-14(3)16-8-9-18(24)19(25)12-16;1-7-8-11(10(2)3)9-12(4,5)6;1-2-3(6)5(8)4(2)7;2*1-2/h8-13H,3H2,1-2,4-7H3;10-11H,7-9H2,1-6H3;6H,1H3;2*1-2H3/b17-10+;;;;. The number of rotatable bonds is 9. The first-order chi connectivity index (χ1) is 23.4. The van der Waals surface area contributed by atoms with E-state index < -0.39 is 16.7 Å². The summed E-state index contributed by atoms with van der Waals surface area (Å²) in [5.74, 6) is 1.75.